The van der Waals surface area contributed by atoms with Gasteiger partial charge in [0.1, 0.15) is 12.4 Å². The van der Waals surface area contributed by atoms with Crippen LogP contribution in [0.4, 0.5) is 18.9 Å². The van der Waals surface area contributed by atoms with Crippen molar-refractivity contribution in [1.29, 1.82) is 0 Å². The maximum Gasteiger partial charge on any atom is 0.418 e. The van der Waals surface area contributed by atoms with Crippen molar-refractivity contribution in [2.75, 3.05) is 5.73 Å². The van der Waals surface area contributed by atoms with E-state index in [2.05, 4.69) is 0 Å². The first-order valence-corrected chi connectivity index (χ1v) is 6.01. The summed E-state index contributed by atoms with van der Waals surface area (Å²) in [5, 5.41) is 0. The first-order valence-electron chi connectivity index (χ1n) is 6.01. The van der Waals surface area contributed by atoms with E-state index in [1.807, 2.05) is 25.1 Å². The first kappa shape index (κ1) is 14.2. The van der Waals surface area contributed by atoms with E-state index < -0.39 is 11.7 Å². The monoisotopic (exact) mass is 281 g/mol. The Kier molecular flexibility index (Phi) is 3.88. The van der Waals surface area contributed by atoms with Gasteiger partial charge in [-0.2, -0.15) is 13.2 Å². The zero-order chi connectivity index (χ0) is 14.8. The Labute approximate surface area is 115 Å². The molecular weight excluding hydrogens is 267 g/mol. The summed E-state index contributed by atoms with van der Waals surface area (Å²) < 4.78 is 43.2. The number of benzene rings is 2. The third-order valence-electron chi connectivity index (χ3n) is 2.82. The number of alkyl halides is 3. The molecular formula is C15H14F3NO. The predicted octanol–water partition coefficient (Wildman–Crippen LogP) is 4.18. The van der Waals surface area contributed by atoms with Gasteiger partial charge in [0.05, 0.1) is 5.56 Å². The Hall–Kier alpha value is -2.17. The van der Waals surface area contributed by atoms with Gasteiger partial charge < -0.3 is 10.5 Å². The molecule has 0 aliphatic rings. The third-order valence-corrected chi connectivity index (χ3v) is 2.82. The number of aryl methyl sites for hydroxylation is 1. The lowest BCUT2D eigenvalue weighted by Crippen LogP contribution is -2.09. The molecule has 0 saturated heterocycles. The number of hydrogen-bond acceptors (Lipinski definition) is 2. The maximum absolute atomic E-state index is 12.6. The van der Waals surface area contributed by atoms with Crippen LogP contribution in [0.2, 0.25) is 0 Å². The van der Waals surface area contributed by atoms with Crippen molar-refractivity contribution in [2.24, 2.45) is 0 Å². The van der Waals surface area contributed by atoms with Crippen molar-refractivity contribution in [3.05, 3.63) is 59.2 Å². The lowest BCUT2D eigenvalue weighted by Gasteiger charge is -2.12. The van der Waals surface area contributed by atoms with Crippen LogP contribution in [-0.2, 0) is 12.8 Å². The minimum atomic E-state index is -4.43. The molecule has 5 heteroatoms. The molecule has 0 atom stereocenters. The number of hydrogen-bond donors (Lipinski definition) is 1. The SMILES string of the molecule is Cc1cccc(OCc2ccc(C(F)(F)F)c(N)c2)c1. The van der Waals surface area contributed by atoms with Gasteiger partial charge >= 0.3 is 6.18 Å². The number of ether oxygens (including phenoxy) is 1. The molecule has 0 unspecified atom stereocenters. The smallest absolute Gasteiger partial charge is 0.418 e. The lowest BCUT2D eigenvalue weighted by atomic mass is 10.1. The van der Waals surface area contributed by atoms with Gasteiger partial charge in [-0.15, -0.1) is 0 Å². The molecule has 0 heterocycles. The van der Waals surface area contributed by atoms with E-state index >= 15 is 0 Å². The normalized spacial score (nSPS) is 11.4. The molecule has 0 amide bonds. The molecule has 2 aromatic rings. The van der Waals surface area contributed by atoms with Crippen LogP contribution in [0.25, 0.3) is 0 Å². The highest BCUT2D eigenvalue weighted by Crippen LogP contribution is 2.33. The molecule has 2 rings (SSSR count). The minimum absolute atomic E-state index is 0.172. The molecule has 0 aliphatic carbocycles. The fourth-order valence-electron chi connectivity index (χ4n) is 1.83. The van der Waals surface area contributed by atoms with Gasteiger partial charge in [0.2, 0.25) is 0 Å². The van der Waals surface area contributed by atoms with Crippen LogP contribution in [-0.4, -0.2) is 0 Å². The summed E-state index contributed by atoms with van der Waals surface area (Å²) in [5.41, 5.74) is 5.96. The molecule has 2 N–H and O–H groups in total. The van der Waals surface area contributed by atoms with E-state index in [9.17, 15) is 13.2 Å². The van der Waals surface area contributed by atoms with Gasteiger partial charge in [-0.1, -0.05) is 18.2 Å². The number of anilines is 1. The van der Waals surface area contributed by atoms with Crippen LogP contribution in [0, 0.1) is 6.92 Å². The van der Waals surface area contributed by atoms with E-state index in [1.165, 1.54) is 12.1 Å². The van der Waals surface area contributed by atoms with Crippen LogP contribution in [0.3, 0.4) is 0 Å². The van der Waals surface area contributed by atoms with E-state index in [0.717, 1.165) is 11.6 Å². The molecule has 0 aliphatic heterocycles. The van der Waals surface area contributed by atoms with Crippen molar-refractivity contribution >= 4 is 5.69 Å². The molecule has 0 fully saturated rings. The van der Waals surface area contributed by atoms with Gasteiger partial charge in [-0.25, -0.2) is 0 Å². The van der Waals surface area contributed by atoms with Crippen molar-refractivity contribution in [3.8, 4) is 5.75 Å². The fraction of sp³-hybridized carbons (Fsp3) is 0.200. The summed E-state index contributed by atoms with van der Waals surface area (Å²) in [4.78, 5) is 0. The summed E-state index contributed by atoms with van der Waals surface area (Å²) in [6.45, 7) is 2.11. The second kappa shape index (κ2) is 5.45. The van der Waals surface area contributed by atoms with Crippen LogP contribution in [0.15, 0.2) is 42.5 Å². The van der Waals surface area contributed by atoms with Gasteiger partial charge in [-0.3, -0.25) is 0 Å². The molecule has 0 aromatic heterocycles. The Bertz CT molecular complexity index is 608. The lowest BCUT2D eigenvalue weighted by molar-refractivity contribution is -0.136. The molecule has 0 saturated carbocycles. The average Bonchev–Trinajstić information content (AvgIpc) is 2.35. The van der Waals surface area contributed by atoms with Crippen LogP contribution in [0.5, 0.6) is 5.75 Å². The van der Waals surface area contributed by atoms with Gasteiger partial charge in [0.25, 0.3) is 0 Å². The summed E-state index contributed by atoms with van der Waals surface area (Å²) in [6, 6.07) is 11.1. The number of halogens is 3. The Balaban J connectivity index is 2.10. The third kappa shape index (κ3) is 3.44. The van der Waals surface area contributed by atoms with E-state index in [4.69, 9.17) is 10.5 Å². The van der Waals surface area contributed by atoms with Gasteiger partial charge in [0.15, 0.2) is 0 Å². The number of nitrogens with two attached hydrogens (primary N) is 1. The van der Waals surface area contributed by atoms with E-state index in [0.29, 0.717) is 11.3 Å². The average molecular weight is 281 g/mol. The van der Waals surface area contributed by atoms with Gasteiger partial charge in [0, 0.05) is 5.69 Å². The van der Waals surface area contributed by atoms with Crippen LogP contribution in [0.1, 0.15) is 16.7 Å². The fourth-order valence-corrected chi connectivity index (χ4v) is 1.83. The number of rotatable bonds is 3. The predicted molar refractivity (Wildman–Crippen MR) is 71.4 cm³/mol. The van der Waals surface area contributed by atoms with E-state index in [-0.39, 0.29) is 12.3 Å². The summed E-state index contributed by atoms with van der Waals surface area (Å²) in [7, 11) is 0. The first-order chi connectivity index (χ1) is 9.36. The minimum Gasteiger partial charge on any atom is -0.489 e. The molecule has 0 radical (unpaired) electrons. The van der Waals surface area contributed by atoms with Gasteiger partial charge in [-0.05, 0) is 42.3 Å². The zero-order valence-electron chi connectivity index (χ0n) is 10.9. The van der Waals surface area contributed by atoms with Crippen LogP contribution >= 0.6 is 0 Å². The topological polar surface area (TPSA) is 35.2 Å². The number of nitrogen functional groups attached to an aromatic ring is 1. The van der Waals surface area contributed by atoms with Crippen molar-refractivity contribution in [1.82, 2.24) is 0 Å². The van der Waals surface area contributed by atoms with Crippen LogP contribution < -0.4 is 10.5 Å². The Morgan fingerprint density at radius 1 is 1.10 bits per heavy atom. The molecule has 0 spiro atoms. The standard InChI is InChI=1S/C15H14F3NO/c1-10-3-2-4-12(7-10)20-9-11-5-6-13(14(19)8-11)15(16,17)18/h2-8H,9,19H2,1H3. The Morgan fingerprint density at radius 2 is 1.85 bits per heavy atom. The molecule has 106 valence electrons. The van der Waals surface area contributed by atoms with Crippen molar-refractivity contribution in [3.63, 3.8) is 0 Å². The highest BCUT2D eigenvalue weighted by atomic mass is 19.4. The summed E-state index contributed by atoms with van der Waals surface area (Å²) >= 11 is 0. The highest BCUT2D eigenvalue weighted by Gasteiger charge is 2.32. The van der Waals surface area contributed by atoms with Crippen molar-refractivity contribution < 1.29 is 17.9 Å². The largest absolute Gasteiger partial charge is 0.489 e. The molecule has 2 aromatic carbocycles. The quantitative estimate of drug-likeness (QED) is 0.857. The second-order valence-electron chi connectivity index (χ2n) is 4.52. The zero-order valence-corrected chi connectivity index (χ0v) is 10.9. The summed E-state index contributed by atoms with van der Waals surface area (Å²) in [6.07, 6.45) is -4.43. The second-order valence-corrected chi connectivity index (χ2v) is 4.52. The molecule has 2 nitrogen and oxygen atoms in total. The maximum atomic E-state index is 12.6. The summed E-state index contributed by atoms with van der Waals surface area (Å²) in [5.74, 6) is 0.670. The highest BCUT2D eigenvalue weighted by molar-refractivity contribution is 5.50. The molecule has 0 bridgehead atoms. The molecule has 20 heavy (non-hydrogen) atoms. The van der Waals surface area contributed by atoms with Crippen molar-refractivity contribution in [2.45, 2.75) is 19.7 Å². The van der Waals surface area contributed by atoms with E-state index in [1.54, 1.807) is 6.07 Å². The Morgan fingerprint density at radius 3 is 2.45 bits per heavy atom.